The number of rotatable bonds is 11. The summed E-state index contributed by atoms with van der Waals surface area (Å²) in [5, 5.41) is 1.04. The highest BCUT2D eigenvalue weighted by Crippen LogP contribution is 2.32. The van der Waals surface area contributed by atoms with E-state index in [1.165, 1.54) is 25.7 Å². The molecular formula is C15H31BrO2. The van der Waals surface area contributed by atoms with Gasteiger partial charge in [0.05, 0.1) is 12.2 Å². The van der Waals surface area contributed by atoms with E-state index in [0.717, 1.165) is 25.0 Å². The Morgan fingerprint density at radius 3 is 1.94 bits per heavy atom. The summed E-state index contributed by atoms with van der Waals surface area (Å²) in [4.78, 5) is 0. The van der Waals surface area contributed by atoms with Gasteiger partial charge in [-0.05, 0) is 33.1 Å². The number of hydrogen-bond donors (Lipinski definition) is 0. The maximum absolute atomic E-state index is 5.92. The highest BCUT2D eigenvalue weighted by Gasteiger charge is 2.27. The minimum Gasteiger partial charge on any atom is -0.381 e. The molecule has 3 heteroatoms. The third-order valence-electron chi connectivity index (χ3n) is 3.65. The normalized spacial score (nSPS) is 13.0. The van der Waals surface area contributed by atoms with Crippen LogP contribution in [0.4, 0.5) is 0 Å². The van der Waals surface area contributed by atoms with E-state index in [-0.39, 0.29) is 5.60 Å². The first-order valence-electron chi connectivity index (χ1n) is 7.14. The maximum atomic E-state index is 5.92. The van der Waals surface area contributed by atoms with E-state index in [9.17, 15) is 0 Å². The van der Waals surface area contributed by atoms with E-state index in [1.807, 2.05) is 0 Å². The number of methoxy groups -OCH3 is 1. The van der Waals surface area contributed by atoms with Crippen LogP contribution in [0.1, 0.15) is 59.8 Å². The lowest BCUT2D eigenvalue weighted by Crippen LogP contribution is -2.31. The molecule has 0 radical (unpaired) electrons. The molecule has 0 aliphatic rings. The quantitative estimate of drug-likeness (QED) is 0.402. The zero-order valence-corrected chi connectivity index (χ0v) is 14.4. The predicted molar refractivity (Wildman–Crippen MR) is 82.6 cm³/mol. The molecule has 0 bridgehead atoms. The van der Waals surface area contributed by atoms with Crippen molar-refractivity contribution in [2.24, 2.45) is 5.41 Å². The average molecular weight is 323 g/mol. The first-order chi connectivity index (χ1) is 8.45. The maximum Gasteiger partial charge on any atom is 0.0644 e. The van der Waals surface area contributed by atoms with E-state index in [1.54, 1.807) is 7.11 Å². The molecule has 18 heavy (non-hydrogen) atoms. The second-order valence-corrected chi connectivity index (χ2v) is 6.46. The van der Waals surface area contributed by atoms with Gasteiger partial charge in [0.15, 0.2) is 0 Å². The number of alkyl halides is 1. The van der Waals surface area contributed by atoms with Crippen molar-refractivity contribution < 1.29 is 9.47 Å². The number of hydrogen-bond acceptors (Lipinski definition) is 2. The Kier molecular flexibility index (Phi) is 9.53. The molecule has 0 fully saturated rings. The SMILES string of the molecule is CCCC(CBr)(CCC)COCCC(C)(C)OC. The van der Waals surface area contributed by atoms with Gasteiger partial charge in [-0.2, -0.15) is 0 Å². The van der Waals surface area contributed by atoms with Crippen LogP contribution in [0.25, 0.3) is 0 Å². The summed E-state index contributed by atoms with van der Waals surface area (Å²) in [7, 11) is 1.76. The first kappa shape index (κ1) is 18.4. The second-order valence-electron chi connectivity index (χ2n) is 5.90. The van der Waals surface area contributed by atoms with Gasteiger partial charge in [-0.3, -0.25) is 0 Å². The lowest BCUT2D eigenvalue weighted by Gasteiger charge is -2.32. The molecule has 0 spiro atoms. The molecule has 0 atom stereocenters. The highest BCUT2D eigenvalue weighted by atomic mass is 79.9. The Hall–Kier alpha value is 0.400. The van der Waals surface area contributed by atoms with Crippen LogP contribution in [-0.2, 0) is 9.47 Å². The summed E-state index contributed by atoms with van der Waals surface area (Å²) < 4.78 is 11.3. The third-order valence-corrected chi connectivity index (χ3v) is 4.84. The fourth-order valence-electron chi connectivity index (χ4n) is 2.21. The van der Waals surface area contributed by atoms with Crippen LogP contribution in [0, 0.1) is 5.41 Å². The minimum absolute atomic E-state index is 0.0768. The van der Waals surface area contributed by atoms with Gasteiger partial charge in [0.1, 0.15) is 0 Å². The van der Waals surface area contributed by atoms with Crippen LogP contribution in [0.15, 0.2) is 0 Å². The first-order valence-corrected chi connectivity index (χ1v) is 8.26. The summed E-state index contributed by atoms with van der Waals surface area (Å²) in [6.07, 6.45) is 5.86. The topological polar surface area (TPSA) is 18.5 Å². The lowest BCUT2D eigenvalue weighted by atomic mass is 9.82. The Labute approximate surface area is 122 Å². The van der Waals surface area contributed by atoms with Crippen molar-refractivity contribution in [2.75, 3.05) is 25.7 Å². The van der Waals surface area contributed by atoms with Crippen molar-refractivity contribution in [1.82, 2.24) is 0 Å². The molecule has 0 aromatic carbocycles. The molecule has 0 heterocycles. The van der Waals surface area contributed by atoms with E-state index >= 15 is 0 Å². The van der Waals surface area contributed by atoms with Crippen molar-refractivity contribution in [1.29, 1.82) is 0 Å². The summed E-state index contributed by atoms with van der Waals surface area (Å²) in [6, 6.07) is 0. The van der Waals surface area contributed by atoms with Crippen molar-refractivity contribution in [3.63, 3.8) is 0 Å². The van der Waals surface area contributed by atoms with Gasteiger partial charge in [0.2, 0.25) is 0 Å². The summed E-state index contributed by atoms with van der Waals surface area (Å²) in [6.45, 7) is 10.4. The Morgan fingerprint density at radius 2 is 1.56 bits per heavy atom. The van der Waals surface area contributed by atoms with Gasteiger partial charge in [0, 0.05) is 24.5 Å². The molecule has 0 amide bonds. The fraction of sp³-hybridized carbons (Fsp3) is 1.00. The van der Waals surface area contributed by atoms with Gasteiger partial charge in [-0.25, -0.2) is 0 Å². The van der Waals surface area contributed by atoms with Crippen LogP contribution in [-0.4, -0.2) is 31.3 Å². The van der Waals surface area contributed by atoms with Crippen LogP contribution in [0.2, 0.25) is 0 Å². The van der Waals surface area contributed by atoms with Crippen LogP contribution >= 0.6 is 15.9 Å². The summed E-state index contributed by atoms with van der Waals surface area (Å²) >= 11 is 3.68. The van der Waals surface area contributed by atoms with Crippen molar-refractivity contribution in [3.05, 3.63) is 0 Å². The molecule has 0 aromatic rings. The molecule has 0 aromatic heterocycles. The van der Waals surface area contributed by atoms with Crippen LogP contribution < -0.4 is 0 Å². The Bertz CT molecular complexity index is 199. The van der Waals surface area contributed by atoms with E-state index in [4.69, 9.17) is 9.47 Å². The molecule has 0 saturated heterocycles. The van der Waals surface area contributed by atoms with Crippen molar-refractivity contribution >= 4 is 15.9 Å². The molecule has 110 valence electrons. The molecule has 0 aliphatic carbocycles. The highest BCUT2D eigenvalue weighted by molar-refractivity contribution is 9.09. The van der Waals surface area contributed by atoms with Crippen LogP contribution in [0.3, 0.4) is 0 Å². The molecule has 0 N–H and O–H groups in total. The second kappa shape index (κ2) is 9.33. The van der Waals surface area contributed by atoms with E-state index < -0.39 is 0 Å². The monoisotopic (exact) mass is 322 g/mol. The Morgan fingerprint density at radius 1 is 1.00 bits per heavy atom. The van der Waals surface area contributed by atoms with E-state index in [2.05, 4.69) is 43.6 Å². The summed E-state index contributed by atoms with van der Waals surface area (Å²) in [5.41, 5.74) is 0.243. The fourth-order valence-corrected chi connectivity index (χ4v) is 2.93. The molecule has 0 rings (SSSR count). The lowest BCUT2D eigenvalue weighted by molar-refractivity contribution is -0.0246. The molecule has 2 nitrogen and oxygen atoms in total. The Balaban J connectivity index is 4.11. The predicted octanol–water partition coefficient (Wildman–Crippen LogP) is 4.80. The largest absolute Gasteiger partial charge is 0.381 e. The van der Waals surface area contributed by atoms with E-state index in [0.29, 0.717) is 5.41 Å². The standard InChI is InChI=1S/C15H31BrO2/c1-6-8-15(12-16,9-7-2)13-18-11-10-14(3,4)17-5/h6-13H2,1-5H3. The van der Waals surface area contributed by atoms with Gasteiger partial charge in [-0.1, -0.05) is 42.6 Å². The smallest absolute Gasteiger partial charge is 0.0644 e. The van der Waals surface area contributed by atoms with Gasteiger partial charge in [0.25, 0.3) is 0 Å². The van der Waals surface area contributed by atoms with Gasteiger partial charge in [-0.15, -0.1) is 0 Å². The minimum atomic E-state index is -0.0768. The number of ether oxygens (including phenoxy) is 2. The third kappa shape index (κ3) is 7.10. The summed E-state index contributed by atoms with van der Waals surface area (Å²) in [5.74, 6) is 0. The zero-order chi connectivity index (χ0) is 14.1. The zero-order valence-electron chi connectivity index (χ0n) is 12.9. The van der Waals surface area contributed by atoms with Crippen molar-refractivity contribution in [2.45, 2.75) is 65.4 Å². The molecular weight excluding hydrogens is 292 g/mol. The molecule has 0 aliphatic heterocycles. The van der Waals surface area contributed by atoms with Crippen molar-refractivity contribution in [3.8, 4) is 0 Å². The van der Waals surface area contributed by atoms with Gasteiger partial charge < -0.3 is 9.47 Å². The number of halogens is 1. The average Bonchev–Trinajstić information content (AvgIpc) is 2.35. The molecule has 0 saturated carbocycles. The van der Waals surface area contributed by atoms with Crippen LogP contribution in [0.5, 0.6) is 0 Å². The van der Waals surface area contributed by atoms with Gasteiger partial charge >= 0.3 is 0 Å². The molecule has 0 unspecified atom stereocenters.